The molecule has 0 heteroatoms. The Morgan fingerprint density at radius 2 is 1.38 bits per heavy atom. The van der Waals surface area contributed by atoms with Crippen molar-refractivity contribution in [2.24, 2.45) is 5.92 Å². The molecule has 0 saturated carbocycles. The lowest BCUT2D eigenvalue weighted by Gasteiger charge is -2.25. The summed E-state index contributed by atoms with van der Waals surface area (Å²) < 4.78 is 0. The number of allylic oxidation sites excluding steroid dienone is 4. The van der Waals surface area contributed by atoms with Crippen LogP contribution in [0.3, 0.4) is 0 Å². The molecule has 1 aliphatic carbocycles. The average molecular weight is 269 g/mol. The third-order valence-corrected chi connectivity index (χ3v) is 3.65. The second-order valence-electron chi connectivity index (χ2n) is 5.23. The summed E-state index contributed by atoms with van der Waals surface area (Å²) in [6.07, 6.45) is 8.56. The van der Waals surface area contributed by atoms with E-state index >= 15 is 0 Å². The third-order valence-electron chi connectivity index (χ3n) is 3.65. The largest absolute Gasteiger partial charge is 0.0927 e. The molecule has 0 heterocycles. The summed E-state index contributed by atoms with van der Waals surface area (Å²) in [6, 6.07) is 20.5. The van der Waals surface area contributed by atoms with Crippen molar-refractivity contribution in [3.8, 4) is 11.8 Å². The molecule has 0 N–H and O–H groups in total. The summed E-state index contributed by atoms with van der Waals surface area (Å²) in [5.74, 6) is 6.96. The fraction of sp³-hybridized carbons (Fsp3) is 0.0952. The van der Waals surface area contributed by atoms with E-state index in [1.54, 1.807) is 0 Å². The first-order chi connectivity index (χ1) is 10.3. The molecule has 0 spiro atoms. The first-order valence-electron chi connectivity index (χ1n) is 7.14. The Hall–Kier alpha value is -2.52. The molecule has 0 aliphatic heterocycles. The third kappa shape index (κ3) is 2.98. The van der Waals surface area contributed by atoms with Crippen molar-refractivity contribution < 1.29 is 0 Å². The summed E-state index contributed by atoms with van der Waals surface area (Å²) in [4.78, 5) is 0. The summed E-state index contributed by atoms with van der Waals surface area (Å²) in [6.45, 7) is 4.05. The van der Waals surface area contributed by atoms with E-state index in [9.17, 15) is 0 Å². The number of hydrogen-bond acceptors (Lipinski definition) is 0. The summed E-state index contributed by atoms with van der Waals surface area (Å²) in [5, 5.41) is 0. The Labute approximate surface area is 126 Å². The highest BCUT2D eigenvalue weighted by Crippen LogP contribution is 2.31. The van der Waals surface area contributed by atoms with E-state index in [2.05, 4.69) is 67.3 Å². The molecule has 1 radical (unpaired) electrons. The monoisotopic (exact) mass is 269 g/mol. The lowest BCUT2D eigenvalue weighted by atomic mass is 9.76. The highest BCUT2D eigenvalue weighted by molar-refractivity contribution is 5.51. The number of benzene rings is 2. The normalized spacial score (nSPS) is 23.4. The predicted molar refractivity (Wildman–Crippen MR) is 88.6 cm³/mol. The van der Waals surface area contributed by atoms with Crippen LogP contribution in [0.25, 0.3) is 0 Å². The molecule has 0 aromatic heterocycles. The highest BCUT2D eigenvalue weighted by atomic mass is 14.3. The molecule has 0 atom stereocenters. The summed E-state index contributed by atoms with van der Waals surface area (Å²) in [7, 11) is 0. The van der Waals surface area contributed by atoms with E-state index in [-0.39, 0.29) is 11.3 Å². The van der Waals surface area contributed by atoms with E-state index < -0.39 is 0 Å². The first-order valence-corrected chi connectivity index (χ1v) is 7.14. The Morgan fingerprint density at radius 1 is 0.810 bits per heavy atom. The van der Waals surface area contributed by atoms with Gasteiger partial charge in [-0.2, -0.15) is 0 Å². The zero-order chi connectivity index (χ0) is 14.5. The maximum atomic E-state index is 4.05. The minimum atomic E-state index is -0.356. The minimum Gasteiger partial charge on any atom is -0.0795 e. The van der Waals surface area contributed by atoms with E-state index in [1.807, 2.05) is 36.4 Å². The van der Waals surface area contributed by atoms with Gasteiger partial charge in [-0.3, -0.25) is 0 Å². The first kappa shape index (κ1) is 13.5. The van der Waals surface area contributed by atoms with Crippen molar-refractivity contribution >= 4 is 0 Å². The lowest BCUT2D eigenvalue weighted by Crippen LogP contribution is -2.21. The van der Waals surface area contributed by atoms with Crippen molar-refractivity contribution in [1.29, 1.82) is 0 Å². The van der Waals surface area contributed by atoms with Gasteiger partial charge in [0.25, 0.3) is 0 Å². The Bertz CT molecular complexity index is 695. The van der Waals surface area contributed by atoms with E-state index in [0.29, 0.717) is 0 Å². The molecule has 101 valence electrons. The van der Waals surface area contributed by atoms with Gasteiger partial charge in [0, 0.05) is 5.56 Å². The molecular weight excluding hydrogens is 252 g/mol. The molecule has 0 amide bonds. The number of hydrogen-bond donors (Lipinski definition) is 0. The smallest absolute Gasteiger partial charge is 0.0795 e. The maximum Gasteiger partial charge on any atom is 0.0927 e. The van der Waals surface area contributed by atoms with Crippen LogP contribution in [0.4, 0.5) is 0 Å². The van der Waals surface area contributed by atoms with Crippen LogP contribution in [-0.4, -0.2) is 0 Å². The standard InChI is InChI=1S/C21H17/c1-18-12-15-21(16-13-18,20-10-6-3-7-11-20)17-14-19-8-4-2-5-9-19/h2-13,15-16,18H,1H2. The van der Waals surface area contributed by atoms with E-state index in [0.717, 1.165) is 5.56 Å². The molecule has 21 heavy (non-hydrogen) atoms. The highest BCUT2D eigenvalue weighted by Gasteiger charge is 2.26. The zero-order valence-electron chi connectivity index (χ0n) is 11.9. The van der Waals surface area contributed by atoms with Crippen LogP contribution >= 0.6 is 0 Å². The van der Waals surface area contributed by atoms with Crippen LogP contribution in [0.5, 0.6) is 0 Å². The SMILES string of the molecule is [CH2]C1C=CC(C#Cc2ccccc2)(c2ccccc2)C=C1. The quantitative estimate of drug-likeness (QED) is 0.526. The molecule has 0 bridgehead atoms. The maximum absolute atomic E-state index is 4.05. The second-order valence-corrected chi connectivity index (χ2v) is 5.23. The van der Waals surface area contributed by atoms with Gasteiger partial charge in [-0.05, 0) is 30.5 Å². The van der Waals surface area contributed by atoms with Gasteiger partial charge < -0.3 is 0 Å². The van der Waals surface area contributed by atoms with E-state index in [4.69, 9.17) is 0 Å². The minimum absolute atomic E-state index is 0.223. The molecule has 0 nitrogen and oxygen atoms in total. The van der Waals surface area contributed by atoms with Crippen LogP contribution in [0, 0.1) is 24.7 Å². The van der Waals surface area contributed by atoms with Gasteiger partial charge >= 0.3 is 0 Å². The van der Waals surface area contributed by atoms with Gasteiger partial charge in [-0.15, -0.1) is 0 Å². The van der Waals surface area contributed by atoms with Crippen LogP contribution in [0.15, 0.2) is 85.0 Å². The molecule has 0 saturated heterocycles. The van der Waals surface area contributed by atoms with E-state index in [1.165, 1.54) is 5.56 Å². The molecular formula is C21H17. The topological polar surface area (TPSA) is 0 Å². The van der Waals surface area contributed by atoms with Gasteiger partial charge in [-0.25, -0.2) is 0 Å². The molecule has 1 aliphatic rings. The van der Waals surface area contributed by atoms with Crippen molar-refractivity contribution in [3.05, 3.63) is 103 Å². The van der Waals surface area contributed by atoms with Crippen molar-refractivity contribution in [2.75, 3.05) is 0 Å². The Balaban J connectivity index is 2.05. The molecule has 2 aromatic carbocycles. The number of rotatable bonds is 1. The van der Waals surface area contributed by atoms with Crippen LogP contribution in [0.1, 0.15) is 11.1 Å². The van der Waals surface area contributed by atoms with Gasteiger partial charge in [0.1, 0.15) is 0 Å². The second kappa shape index (κ2) is 5.85. The van der Waals surface area contributed by atoms with Gasteiger partial charge in [0.2, 0.25) is 0 Å². The average Bonchev–Trinajstić information content (AvgIpc) is 2.57. The van der Waals surface area contributed by atoms with Crippen LogP contribution < -0.4 is 0 Å². The fourth-order valence-electron chi connectivity index (χ4n) is 2.43. The Morgan fingerprint density at radius 3 is 2.00 bits per heavy atom. The lowest BCUT2D eigenvalue weighted by molar-refractivity contribution is 0.833. The van der Waals surface area contributed by atoms with Gasteiger partial charge in [0.05, 0.1) is 5.41 Å². The molecule has 0 fully saturated rings. The van der Waals surface area contributed by atoms with Gasteiger partial charge in [0.15, 0.2) is 0 Å². The molecule has 0 unspecified atom stereocenters. The predicted octanol–water partition coefficient (Wildman–Crippen LogP) is 4.55. The fourth-order valence-corrected chi connectivity index (χ4v) is 2.43. The van der Waals surface area contributed by atoms with Crippen LogP contribution in [-0.2, 0) is 5.41 Å². The van der Waals surface area contributed by atoms with Crippen LogP contribution in [0.2, 0.25) is 0 Å². The summed E-state index contributed by atoms with van der Waals surface area (Å²) >= 11 is 0. The molecule has 2 aromatic rings. The summed E-state index contributed by atoms with van der Waals surface area (Å²) in [5.41, 5.74) is 1.87. The van der Waals surface area contributed by atoms with Crippen molar-refractivity contribution in [2.45, 2.75) is 5.41 Å². The zero-order valence-corrected chi connectivity index (χ0v) is 11.9. The van der Waals surface area contributed by atoms with Crippen molar-refractivity contribution in [1.82, 2.24) is 0 Å². The van der Waals surface area contributed by atoms with Crippen molar-refractivity contribution in [3.63, 3.8) is 0 Å². The van der Waals surface area contributed by atoms with Gasteiger partial charge in [-0.1, -0.05) is 84.7 Å². The Kier molecular flexibility index (Phi) is 3.75. The molecule has 3 rings (SSSR count).